The zero-order valence-electron chi connectivity index (χ0n) is 7.81. The summed E-state index contributed by atoms with van der Waals surface area (Å²) in [6.45, 7) is 3.98. The van der Waals surface area contributed by atoms with Gasteiger partial charge in [0.1, 0.15) is 5.82 Å². The van der Waals surface area contributed by atoms with E-state index >= 15 is 0 Å². The number of nitrogens with two attached hydrogens (primary N) is 1. The van der Waals surface area contributed by atoms with Gasteiger partial charge in [-0.1, -0.05) is 0 Å². The van der Waals surface area contributed by atoms with Gasteiger partial charge in [-0.25, -0.2) is 4.98 Å². The molecule has 2 heterocycles. The molecule has 0 atom stereocenters. The van der Waals surface area contributed by atoms with Crippen molar-refractivity contribution in [3.63, 3.8) is 0 Å². The lowest BCUT2D eigenvalue weighted by Gasteiger charge is -2.05. The van der Waals surface area contributed by atoms with Gasteiger partial charge in [0.2, 0.25) is 0 Å². The summed E-state index contributed by atoms with van der Waals surface area (Å²) in [5, 5.41) is 0. The summed E-state index contributed by atoms with van der Waals surface area (Å²) >= 11 is 6.95. The SMILES string of the molecule is Cc1c(Br)cc(Br)c2nc(N)c(C)n12. The van der Waals surface area contributed by atoms with Crippen LogP contribution in [-0.4, -0.2) is 9.38 Å². The average molecular weight is 319 g/mol. The topological polar surface area (TPSA) is 43.3 Å². The van der Waals surface area contributed by atoms with Gasteiger partial charge in [-0.2, -0.15) is 0 Å². The normalized spacial score (nSPS) is 11.1. The molecule has 2 aromatic rings. The Kier molecular flexibility index (Phi) is 2.31. The van der Waals surface area contributed by atoms with Crippen molar-refractivity contribution in [1.82, 2.24) is 9.38 Å². The molecule has 74 valence electrons. The van der Waals surface area contributed by atoms with Gasteiger partial charge in [-0.3, -0.25) is 4.40 Å². The van der Waals surface area contributed by atoms with Crippen molar-refractivity contribution < 1.29 is 0 Å². The number of hydrogen-bond acceptors (Lipinski definition) is 2. The van der Waals surface area contributed by atoms with Gasteiger partial charge in [0.15, 0.2) is 5.65 Å². The first kappa shape index (κ1) is 9.98. The highest BCUT2D eigenvalue weighted by Crippen LogP contribution is 2.28. The van der Waals surface area contributed by atoms with Crippen molar-refractivity contribution in [1.29, 1.82) is 0 Å². The van der Waals surface area contributed by atoms with Gasteiger partial charge in [0.05, 0.1) is 10.2 Å². The fourth-order valence-corrected chi connectivity index (χ4v) is 2.68. The van der Waals surface area contributed by atoms with Crippen molar-refractivity contribution in [3.8, 4) is 0 Å². The molecule has 0 bridgehead atoms. The van der Waals surface area contributed by atoms with Crippen LogP contribution < -0.4 is 5.73 Å². The Hall–Kier alpha value is -0.550. The van der Waals surface area contributed by atoms with E-state index < -0.39 is 0 Å². The van der Waals surface area contributed by atoms with Gasteiger partial charge >= 0.3 is 0 Å². The van der Waals surface area contributed by atoms with Gasteiger partial charge in [0.25, 0.3) is 0 Å². The van der Waals surface area contributed by atoms with E-state index in [9.17, 15) is 0 Å². The number of anilines is 1. The quantitative estimate of drug-likeness (QED) is 0.811. The Morgan fingerprint density at radius 1 is 1.21 bits per heavy atom. The molecule has 0 aromatic carbocycles. The number of rotatable bonds is 0. The average Bonchev–Trinajstić information content (AvgIpc) is 2.41. The minimum absolute atomic E-state index is 0.576. The van der Waals surface area contributed by atoms with Crippen LogP contribution in [0.4, 0.5) is 5.82 Å². The number of hydrogen-bond donors (Lipinski definition) is 1. The number of aromatic nitrogens is 2. The molecule has 5 heteroatoms. The second kappa shape index (κ2) is 3.24. The molecular formula is C9H9Br2N3. The van der Waals surface area contributed by atoms with E-state index in [0.29, 0.717) is 5.82 Å². The third-order valence-electron chi connectivity index (χ3n) is 2.29. The van der Waals surface area contributed by atoms with Crippen LogP contribution in [0.15, 0.2) is 15.0 Å². The molecule has 0 saturated heterocycles. The minimum atomic E-state index is 0.576. The smallest absolute Gasteiger partial charge is 0.154 e. The Morgan fingerprint density at radius 2 is 1.86 bits per heavy atom. The second-order valence-electron chi connectivity index (χ2n) is 3.17. The molecule has 0 saturated carbocycles. The van der Waals surface area contributed by atoms with Crippen LogP contribution in [0.5, 0.6) is 0 Å². The maximum atomic E-state index is 5.77. The molecule has 0 aliphatic heterocycles. The molecule has 14 heavy (non-hydrogen) atoms. The summed E-state index contributed by atoms with van der Waals surface area (Å²) in [5.74, 6) is 0.576. The van der Waals surface area contributed by atoms with E-state index in [0.717, 1.165) is 26.0 Å². The van der Waals surface area contributed by atoms with Crippen LogP contribution in [0, 0.1) is 13.8 Å². The van der Waals surface area contributed by atoms with Gasteiger partial charge in [-0.15, -0.1) is 0 Å². The summed E-state index contributed by atoms with van der Waals surface area (Å²) in [4.78, 5) is 4.29. The Morgan fingerprint density at radius 3 is 2.50 bits per heavy atom. The van der Waals surface area contributed by atoms with Crippen LogP contribution in [-0.2, 0) is 0 Å². The Balaban J connectivity index is 3.03. The number of nitrogen functional groups attached to an aromatic ring is 1. The van der Waals surface area contributed by atoms with E-state index in [1.54, 1.807) is 0 Å². The second-order valence-corrected chi connectivity index (χ2v) is 4.88. The number of imidazole rings is 1. The van der Waals surface area contributed by atoms with Crippen molar-refractivity contribution in [2.75, 3.05) is 5.73 Å². The lowest BCUT2D eigenvalue weighted by Crippen LogP contribution is -1.96. The first-order valence-corrected chi connectivity index (χ1v) is 5.70. The zero-order valence-corrected chi connectivity index (χ0v) is 11.0. The zero-order chi connectivity index (χ0) is 10.5. The van der Waals surface area contributed by atoms with Gasteiger partial charge in [-0.05, 0) is 51.8 Å². The van der Waals surface area contributed by atoms with Crippen molar-refractivity contribution in [2.24, 2.45) is 0 Å². The molecule has 0 aliphatic carbocycles. The molecule has 0 unspecified atom stereocenters. The van der Waals surface area contributed by atoms with Crippen molar-refractivity contribution in [2.45, 2.75) is 13.8 Å². The number of nitrogens with zero attached hydrogens (tertiary/aromatic N) is 2. The standard InChI is InChI=1S/C9H9Br2N3/c1-4-6(10)3-7(11)9-13-8(12)5(2)14(4)9/h3H,12H2,1-2H3. The van der Waals surface area contributed by atoms with E-state index in [-0.39, 0.29) is 0 Å². The fraction of sp³-hybridized carbons (Fsp3) is 0.222. The van der Waals surface area contributed by atoms with E-state index in [1.165, 1.54) is 0 Å². The molecule has 0 amide bonds. The molecule has 0 aliphatic rings. The van der Waals surface area contributed by atoms with Crippen molar-refractivity contribution in [3.05, 3.63) is 26.4 Å². The highest BCUT2D eigenvalue weighted by molar-refractivity contribution is 9.11. The third kappa shape index (κ3) is 1.26. The van der Waals surface area contributed by atoms with Gasteiger partial charge in [0, 0.05) is 10.2 Å². The van der Waals surface area contributed by atoms with E-state index in [1.807, 2.05) is 24.3 Å². The monoisotopic (exact) mass is 317 g/mol. The maximum absolute atomic E-state index is 5.77. The summed E-state index contributed by atoms with van der Waals surface area (Å²) < 4.78 is 4.01. The van der Waals surface area contributed by atoms with Crippen LogP contribution in [0.2, 0.25) is 0 Å². The number of halogens is 2. The molecule has 2 rings (SSSR count). The van der Waals surface area contributed by atoms with E-state index in [4.69, 9.17) is 5.73 Å². The van der Waals surface area contributed by atoms with E-state index in [2.05, 4.69) is 36.8 Å². The largest absolute Gasteiger partial charge is 0.382 e. The first-order valence-electron chi connectivity index (χ1n) is 4.11. The first-order chi connectivity index (χ1) is 6.52. The maximum Gasteiger partial charge on any atom is 0.154 e. The van der Waals surface area contributed by atoms with Crippen LogP contribution in [0.25, 0.3) is 5.65 Å². The summed E-state index contributed by atoms with van der Waals surface area (Å²) in [7, 11) is 0. The van der Waals surface area contributed by atoms with Crippen LogP contribution in [0.3, 0.4) is 0 Å². The third-order valence-corrected chi connectivity index (χ3v) is 3.68. The highest BCUT2D eigenvalue weighted by Gasteiger charge is 2.12. The molecule has 2 N–H and O–H groups in total. The predicted molar refractivity (Wildman–Crippen MR) is 64.5 cm³/mol. The Bertz CT molecular complexity index is 516. The number of pyridine rings is 1. The fourth-order valence-electron chi connectivity index (χ4n) is 1.48. The molecule has 0 fully saturated rings. The molecule has 3 nitrogen and oxygen atoms in total. The number of aryl methyl sites for hydroxylation is 2. The molecule has 0 radical (unpaired) electrons. The Labute approximate surface area is 98.6 Å². The van der Waals surface area contributed by atoms with Crippen molar-refractivity contribution >= 4 is 43.3 Å². The number of fused-ring (bicyclic) bond motifs is 1. The summed E-state index contributed by atoms with van der Waals surface area (Å²) in [6.07, 6.45) is 0. The van der Waals surface area contributed by atoms with Crippen LogP contribution >= 0.6 is 31.9 Å². The molecular weight excluding hydrogens is 310 g/mol. The van der Waals surface area contributed by atoms with Crippen LogP contribution in [0.1, 0.15) is 11.4 Å². The molecule has 0 spiro atoms. The lowest BCUT2D eigenvalue weighted by molar-refractivity contribution is 1.03. The molecule has 2 aromatic heterocycles. The highest BCUT2D eigenvalue weighted by atomic mass is 79.9. The lowest BCUT2D eigenvalue weighted by atomic mass is 10.3. The predicted octanol–water partition coefficient (Wildman–Crippen LogP) is 3.06. The summed E-state index contributed by atoms with van der Waals surface area (Å²) in [5.41, 5.74) is 8.71. The van der Waals surface area contributed by atoms with Gasteiger partial charge < -0.3 is 5.73 Å². The summed E-state index contributed by atoms with van der Waals surface area (Å²) in [6, 6.07) is 1.98. The minimum Gasteiger partial charge on any atom is -0.382 e.